The molecule has 2 aromatic rings. The minimum absolute atomic E-state index is 0. The normalized spacial score (nSPS) is 13.8. The summed E-state index contributed by atoms with van der Waals surface area (Å²) in [7, 11) is 0. The van der Waals surface area contributed by atoms with E-state index < -0.39 is 0 Å². The first-order valence-corrected chi connectivity index (χ1v) is 8.41. The molecule has 1 heterocycles. The van der Waals surface area contributed by atoms with Gasteiger partial charge in [0.2, 0.25) is 6.34 Å². The molecular formula is C21H27BrN2. The largest absolute Gasteiger partial charge is 1.00 e. The number of anilines is 1. The Morgan fingerprint density at radius 2 is 1.21 bits per heavy atom. The molecule has 0 aliphatic carbocycles. The van der Waals surface area contributed by atoms with Crippen LogP contribution in [0.3, 0.4) is 0 Å². The van der Waals surface area contributed by atoms with Crippen molar-refractivity contribution in [2.75, 3.05) is 18.0 Å². The highest BCUT2D eigenvalue weighted by atomic mass is 79.9. The summed E-state index contributed by atoms with van der Waals surface area (Å²) < 4.78 is 2.41. The van der Waals surface area contributed by atoms with Crippen molar-refractivity contribution >= 4 is 17.7 Å². The van der Waals surface area contributed by atoms with Gasteiger partial charge in [-0.1, -0.05) is 35.4 Å². The van der Waals surface area contributed by atoms with Gasteiger partial charge in [-0.05, 0) is 63.8 Å². The fourth-order valence-corrected chi connectivity index (χ4v) is 4.09. The Kier molecular flexibility index (Phi) is 5.54. The Labute approximate surface area is 156 Å². The van der Waals surface area contributed by atoms with Crippen molar-refractivity contribution in [3.8, 4) is 0 Å². The minimum Gasteiger partial charge on any atom is -1.00 e. The van der Waals surface area contributed by atoms with Gasteiger partial charge in [0.15, 0.2) is 0 Å². The van der Waals surface area contributed by atoms with Crippen LogP contribution in [0.5, 0.6) is 0 Å². The first-order chi connectivity index (χ1) is 10.9. The lowest BCUT2D eigenvalue weighted by molar-refractivity contribution is -0.425. The van der Waals surface area contributed by atoms with E-state index in [0.29, 0.717) is 0 Å². The lowest BCUT2D eigenvalue weighted by atomic mass is 10.0. The van der Waals surface area contributed by atoms with E-state index in [1.165, 1.54) is 44.8 Å². The fraction of sp³-hybridized carbons (Fsp3) is 0.381. The van der Waals surface area contributed by atoms with Gasteiger partial charge in [-0.25, -0.2) is 9.48 Å². The number of halogens is 1. The van der Waals surface area contributed by atoms with Crippen LogP contribution >= 0.6 is 0 Å². The molecule has 3 heteroatoms. The number of nitrogens with zero attached hydrogens (tertiary/aromatic N) is 2. The van der Waals surface area contributed by atoms with Crippen molar-refractivity contribution in [1.82, 2.24) is 0 Å². The maximum absolute atomic E-state index is 2.41. The predicted molar refractivity (Wildman–Crippen MR) is 99.5 cm³/mol. The molecule has 128 valence electrons. The number of aryl methyl sites for hydroxylation is 6. The average molecular weight is 387 g/mol. The zero-order chi connectivity index (χ0) is 16.7. The molecule has 0 radical (unpaired) electrons. The summed E-state index contributed by atoms with van der Waals surface area (Å²) in [5.41, 5.74) is 10.8. The van der Waals surface area contributed by atoms with Gasteiger partial charge in [-0.2, -0.15) is 0 Å². The van der Waals surface area contributed by atoms with E-state index in [-0.39, 0.29) is 17.0 Å². The Bertz CT molecular complexity index is 759. The van der Waals surface area contributed by atoms with Crippen LogP contribution in [0.1, 0.15) is 33.4 Å². The van der Waals surface area contributed by atoms with Crippen molar-refractivity contribution in [2.24, 2.45) is 0 Å². The molecule has 1 aliphatic heterocycles. The zero-order valence-corrected chi connectivity index (χ0v) is 17.2. The molecule has 0 fully saturated rings. The summed E-state index contributed by atoms with van der Waals surface area (Å²) in [6, 6.07) is 9.12. The molecule has 2 aromatic carbocycles. The third kappa shape index (κ3) is 3.41. The molecule has 1 aliphatic rings. The van der Waals surface area contributed by atoms with Crippen LogP contribution in [-0.2, 0) is 0 Å². The van der Waals surface area contributed by atoms with Crippen molar-refractivity contribution in [1.29, 1.82) is 0 Å². The highest BCUT2D eigenvalue weighted by Crippen LogP contribution is 2.30. The molecule has 24 heavy (non-hydrogen) atoms. The van der Waals surface area contributed by atoms with Crippen LogP contribution < -0.4 is 21.9 Å². The molecule has 0 saturated heterocycles. The summed E-state index contributed by atoms with van der Waals surface area (Å²) >= 11 is 0. The third-order valence-corrected chi connectivity index (χ3v) is 4.71. The van der Waals surface area contributed by atoms with Crippen LogP contribution in [0.25, 0.3) is 0 Å². The van der Waals surface area contributed by atoms with Crippen molar-refractivity contribution < 1.29 is 21.6 Å². The van der Waals surface area contributed by atoms with E-state index in [9.17, 15) is 0 Å². The smallest absolute Gasteiger partial charge is 0.244 e. The van der Waals surface area contributed by atoms with Crippen molar-refractivity contribution in [3.05, 3.63) is 57.6 Å². The molecule has 0 atom stereocenters. The molecule has 0 N–H and O–H groups in total. The summed E-state index contributed by atoms with van der Waals surface area (Å²) in [6.07, 6.45) is 2.29. The van der Waals surface area contributed by atoms with Crippen LogP contribution in [0.2, 0.25) is 0 Å². The van der Waals surface area contributed by atoms with E-state index in [0.717, 1.165) is 13.1 Å². The van der Waals surface area contributed by atoms with Gasteiger partial charge in [0, 0.05) is 0 Å². The standard InChI is InChI=1S/C21H27N2.BrH/c1-14-9-16(3)20(17(4)10-14)22-7-8-23(13-22)21-18(5)11-15(2)12-19(21)6;/h9-13H,7-8H2,1-6H3;1H/q+1;/p-1. The van der Waals surface area contributed by atoms with Gasteiger partial charge < -0.3 is 17.0 Å². The first kappa shape index (κ1) is 18.7. The molecule has 0 unspecified atom stereocenters. The lowest BCUT2D eigenvalue weighted by Crippen LogP contribution is -3.00. The highest BCUT2D eigenvalue weighted by Gasteiger charge is 2.27. The summed E-state index contributed by atoms with van der Waals surface area (Å²) in [4.78, 5) is 2.41. The average Bonchev–Trinajstić information content (AvgIpc) is 2.85. The maximum Gasteiger partial charge on any atom is 0.244 e. The third-order valence-electron chi connectivity index (χ3n) is 4.71. The molecule has 0 amide bonds. The number of hydrogen-bond acceptors (Lipinski definition) is 1. The van der Waals surface area contributed by atoms with Gasteiger partial charge in [0.05, 0.1) is 0 Å². The number of benzene rings is 2. The van der Waals surface area contributed by atoms with Crippen molar-refractivity contribution in [2.45, 2.75) is 41.5 Å². The minimum atomic E-state index is 0. The van der Waals surface area contributed by atoms with Gasteiger partial charge in [-0.15, -0.1) is 0 Å². The van der Waals surface area contributed by atoms with E-state index in [4.69, 9.17) is 0 Å². The fourth-order valence-electron chi connectivity index (χ4n) is 4.09. The summed E-state index contributed by atoms with van der Waals surface area (Å²) in [5, 5.41) is 0. The second kappa shape index (κ2) is 7.10. The highest BCUT2D eigenvalue weighted by molar-refractivity contribution is 5.82. The molecule has 3 rings (SSSR count). The Morgan fingerprint density at radius 1 is 0.750 bits per heavy atom. The molecular weight excluding hydrogens is 360 g/mol. The number of hydrogen-bond donors (Lipinski definition) is 0. The second-order valence-corrected chi connectivity index (χ2v) is 7.00. The van der Waals surface area contributed by atoms with Crippen molar-refractivity contribution in [3.63, 3.8) is 0 Å². The molecule has 0 saturated carbocycles. The predicted octanol–water partition coefficient (Wildman–Crippen LogP) is 1.73. The first-order valence-electron chi connectivity index (χ1n) is 8.41. The Hall–Kier alpha value is -1.61. The Balaban J connectivity index is 0.00000208. The maximum atomic E-state index is 2.41. The van der Waals surface area contributed by atoms with Gasteiger partial charge in [0.25, 0.3) is 0 Å². The van der Waals surface area contributed by atoms with E-state index in [1.54, 1.807) is 0 Å². The van der Waals surface area contributed by atoms with Crippen LogP contribution in [0, 0.1) is 41.5 Å². The van der Waals surface area contributed by atoms with Gasteiger partial charge in [0.1, 0.15) is 24.5 Å². The molecule has 0 bridgehead atoms. The van der Waals surface area contributed by atoms with E-state index in [1.807, 2.05) is 0 Å². The van der Waals surface area contributed by atoms with Crippen LogP contribution in [-0.4, -0.2) is 24.0 Å². The molecule has 0 aromatic heterocycles. The van der Waals surface area contributed by atoms with Crippen LogP contribution in [0.15, 0.2) is 24.3 Å². The molecule has 0 spiro atoms. The quantitative estimate of drug-likeness (QED) is 0.712. The number of rotatable bonds is 2. The summed E-state index contributed by atoms with van der Waals surface area (Å²) in [5.74, 6) is 0. The van der Waals surface area contributed by atoms with E-state index in [2.05, 4.69) is 81.6 Å². The zero-order valence-electron chi connectivity index (χ0n) is 15.6. The Morgan fingerprint density at radius 3 is 1.71 bits per heavy atom. The SMILES string of the molecule is Cc1cc(C)c(N2C=[N+](c3c(C)cc(C)cc3C)CC2)c(C)c1.[Br-]. The monoisotopic (exact) mass is 386 g/mol. The van der Waals surface area contributed by atoms with Gasteiger partial charge in [-0.3, -0.25) is 0 Å². The lowest BCUT2D eigenvalue weighted by Gasteiger charge is -2.13. The second-order valence-electron chi connectivity index (χ2n) is 7.00. The summed E-state index contributed by atoms with van der Waals surface area (Å²) in [6.45, 7) is 15.3. The topological polar surface area (TPSA) is 6.25 Å². The molecule has 2 nitrogen and oxygen atoms in total. The van der Waals surface area contributed by atoms with Crippen LogP contribution in [0.4, 0.5) is 11.4 Å². The van der Waals surface area contributed by atoms with E-state index >= 15 is 0 Å². The van der Waals surface area contributed by atoms with Gasteiger partial charge >= 0.3 is 0 Å².